The number of amides is 1. The molecule has 38 heavy (non-hydrogen) atoms. The van der Waals surface area contributed by atoms with Gasteiger partial charge in [-0.3, -0.25) is 4.79 Å². The van der Waals surface area contributed by atoms with E-state index < -0.39 is 0 Å². The second kappa shape index (κ2) is 10.3. The average Bonchev–Trinajstić information content (AvgIpc) is 3.55. The third-order valence-corrected chi connectivity index (χ3v) is 7.48. The normalized spacial score (nSPS) is 16.9. The van der Waals surface area contributed by atoms with Crippen LogP contribution in [-0.2, 0) is 17.6 Å². The highest BCUT2D eigenvalue weighted by atomic mass is 16.5. The number of H-pyrrole nitrogens is 1. The minimum absolute atomic E-state index is 0.0195. The molecule has 0 radical (unpaired) electrons. The number of nitrogens with zero attached hydrogens (tertiary/aromatic N) is 2. The van der Waals surface area contributed by atoms with Crippen LogP contribution < -0.4 is 4.74 Å². The molecule has 5 heteroatoms. The highest BCUT2D eigenvalue weighted by molar-refractivity contribution is 5.93. The lowest BCUT2D eigenvalue weighted by atomic mass is 9.91. The van der Waals surface area contributed by atoms with Gasteiger partial charge in [0, 0.05) is 42.2 Å². The molecule has 0 fully saturated rings. The van der Waals surface area contributed by atoms with Gasteiger partial charge in [0.15, 0.2) is 0 Å². The Bertz CT molecular complexity index is 1530. The fraction of sp³-hybridized carbons (Fsp3) is 0.242. The predicted molar refractivity (Wildman–Crippen MR) is 154 cm³/mol. The van der Waals surface area contributed by atoms with Gasteiger partial charge in [-0.15, -0.1) is 0 Å². The fourth-order valence-corrected chi connectivity index (χ4v) is 5.58. The van der Waals surface area contributed by atoms with Gasteiger partial charge in [-0.25, -0.2) is 0 Å². The maximum atomic E-state index is 13.7. The second-order valence-corrected chi connectivity index (χ2v) is 10.4. The molecule has 1 amide bonds. The molecule has 2 aliphatic heterocycles. The van der Waals surface area contributed by atoms with Crippen molar-refractivity contribution < 1.29 is 9.53 Å². The largest absolute Gasteiger partial charge is 0.493 e. The van der Waals surface area contributed by atoms with Crippen LogP contribution in [0.1, 0.15) is 39.6 Å². The molecule has 4 aromatic rings. The van der Waals surface area contributed by atoms with E-state index in [1.807, 2.05) is 11.0 Å². The molecule has 1 aromatic heterocycles. The maximum Gasteiger partial charge on any atom is 0.247 e. The summed E-state index contributed by atoms with van der Waals surface area (Å²) in [6.07, 6.45) is 9.64. The molecule has 1 unspecified atom stereocenters. The lowest BCUT2D eigenvalue weighted by molar-refractivity contribution is -0.128. The first-order valence-electron chi connectivity index (χ1n) is 13.3. The van der Waals surface area contributed by atoms with E-state index in [1.54, 1.807) is 6.08 Å². The predicted octanol–water partition coefficient (Wildman–Crippen LogP) is 5.87. The van der Waals surface area contributed by atoms with Crippen molar-refractivity contribution in [1.82, 2.24) is 14.8 Å². The highest BCUT2D eigenvalue weighted by Crippen LogP contribution is 2.40. The first-order valence-corrected chi connectivity index (χ1v) is 13.3. The summed E-state index contributed by atoms with van der Waals surface area (Å²) in [7, 11) is 4.11. The Morgan fingerprint density at radius 1 is 1.03 bits per heavy atom. The van der Waals surface area contributed by atoms with Gasteiger partial charge in [0.05, 0.1) is 12.6 Å². The maximum absolute atomic E-state index is 13.7. The van der Waals surface area contributed by atoms with Gasteiger partial charge >= 0.3 is 0 Å². The monoisotopic (exact) mass is 503 g/mol. The summed E-state index contributed by atoms with van der Waals surface area (Å²) in [5.41, 5.74) is 8.05. The topological polar surface area (TPSA) is 48.6 Å². The molecule has 1 atom stereocenters. The zero-order chi connectivity index (χ0) is 26.1. The second-order valence-electron chi connectivity index (χ2n) is 10.4. The molecule has 1 N–H and O–H groups in total. The Morgan fingerprint density at radius 2 is 1.82 bits per heavy atom. The Hall–Kier alpha value is -4.09. The molecule has 2 aliphatic rings. The van der Waals surface area contributed by atoms with Crippen molar-refractivity contribution in [3.05, 3.63) is 112 Å². The summed E-state index contributed by atoms with van der Waals surface area (Å²) in [4.78, 5) is 21.5. The lowest BCUT2D eigenvalue weighted by Gasteiger charge is -2.36. The summed E-state index contributed by atoms with van der Waals surface area (Å²) >= 11 is 0. The van der Waals surface area contributed by atoms with E-state index in [4.69, 9.17) is 4.74 Å². The first kappa shape index (κ1) is 24.3. The van der Waals surface area contributed by atoms with Gasteiger partial charge in [0.25, 0.3) is 0 Å². The Labute approximate surface area is 224 Å². The standard InChI is InChI=1S/C33H33N3O2/c1-35(2)19-5-6-23-9-11-24(12-10-23)13-16-31(37)36-20-17-28-27-7-3-4-8-29(27)34-32(28)33(36)26-14-15-30-25(22-26)18-21-38-30/h3-16,22,33-34H,17-21H2,1-2H3/b6-5?,16-13+. The van der Waals surface area contributed by atoms with Crippen molar-refractivity contribution in [1.29, 1.82) is 0 Å². The minimum atomic E-state index is -0.168. The summed E-state index contributed by atoms with van der Waals surface area (Å²) in [6, 6.07) is 23.0. The first-order chi connectivity index (χ1) is 18.6. The number of ether oxygens (including phenoxy) is 1. The molecule has 3 heterocycles. The van der Waals surface area contributed by atoms with Crippen LogP contribution in [-0.4, -0.2) is 54.5 Å². The zero-order valence-corrected chi connectivity index (χ0v) is 22.0. The van der Waals surface area contributed by atoms with E-state index in [9.17, 15) is 4.79 Å². The Balaban J connectivity index is 1.29. The van der Waals surface area contributed by atoms with Gasteiger partial charge in [-0.1, -0.05) is 60.7 Å². The lowest BCUT2D eigenvalue weighted by Crippen LogP contribution is -2.39. The summed E-state index contributed by atoms with van der Waals surface area (Å²) in [5, 5.41) is 1.25. The van der Waals surface area contributed by atoms with E-state index in [1.165, 1.54) is 16.5 Å². The van der Waals surface area contributed by atoms with Crippen LogP contribution in [0.2, 0.25) is 0 Å². The van der Waals surface area contributed by atoms with Crippen molar-refractivity contribution in [3.63, 3.8) is 0 Å². The molecule has 192 valence electrons. The fourth-order valence-electron chi connectivity index (χ4n) is 5.58. The Morgan fingerprint density at radius 3 is 2.63 bits per heavy atom. The third kappa shape index (κ3) is 4.77. The number of fused-ring (bicyclic) bond motifs is 4. The van der Waals surface area contributed by atoms with Gasteiger partial charge in [-0.2, -0.15) is 0 Å². The van der Waals surface area contributed by atoms with Gasteiger partial charge < -0.3 is 19.5 Å². The summed E-state index contributed by atoms with van der Waals surface area (Å²) in [5.74, 6) is 0.977. The summed E-state index contributed by atoms with van der Waals surface area (Å²) in [6.45, 7) is 2.30. The highest BCUT2D eigenvalue weighted by Gasteiger charge is 2.34. The van der Waals surface area contributed by atoms with Crippen LogP contribution in [0.25, 0.3) is 23.1 Å². The van der Waals surface area contributed by atoms with Crippen molar-refractivity contribution in [3.8, 4) is 5.75 Å². The van der Waals surface area contributed by atoms with Crippen LogP contribution in [0.5, 0.6) is 5.75 Å². The van der Waals surface area contributed by atoms with Gasteiger partial charge in [0.2, 0.25) is 5.91 Å². The number of rotatable bonds is 6. The zero-order valence-electron chi connectivity index (χ0n) is 22.0. The third-order valence-electron chi connectivity index (χ3n) is 7.48. The molecule has 5 nitrogen and oxygen atoms in total. The molecule has 0 spiro atoms. The minimum Gasteiger partial charge on any atom is -0.493 e. The van der Waals surface area contributed by atoms with E-state index in [2.05, 4.69) is 103 Å². The molecule has 6 rings (SSSR count). The van der Waals surface area contributed by atoms with Gasteiger partial charge in [0.1, 0.15) is 5.75 Å². The van der Waals surface area contributed by atoms with Crippen LogP contribution in [0.4, 0.5) is 0 Å². The van der Waals surface area contributed by atoms with Crippen LogP contribution in [0, 0.1) is 0 Å². The molecule has 0 saturated heterocycles. The average molecular weight is 504 g/mol. The van der Waals surface area contributed by atoms with Crippen LogP contribution in [0.15, 0.2) is 78.9 Å². The number of likely N-dealkylation sites (N-methyl/N-ethyl adjacent to an activating group) is 1. The van der Waals surface area contributed by atoms with Crippen LogP contribution in [0.3, 0.4) is 0 Å². The number of aromatic amines is 1. The number of carbonyl (C=O) groups excluding carboxylic acids is 1. The SMILES string of the molecule is CN(C)CC=Cc1ccc(/C=C/C(=O)N2CCc3c([nH]c4ccccc34)C2c2ccc3c(c2)CCO3)cc1. The molecular formula is C33H33N3O2. The molecule has 3 aromatic carbocycles. The molecule has 0 saturated carbocycles. The number of aromatic nitrogens is 1. The van der Waals surface area contributed by atoms with E-state index in [0.29, 0.717) is 6.54 Å². The molecule has 0 aliphatic carbocycles. The van der Waals surface area contributed by atoms with E-state index >= 15 is 0 Å². The number of benzene rings is 3. The van der Waals surface area contributed by atoms with E-state index in [-0.39, 0.29) is 11.9 Å². The Kier molecular flexibility index (Phi) is 6.61. The molecule has 0 bridgehead atoms. The number of carbonyl (C=O) groups is 1. The van der Waals surface area contributed by atoms with Crippen molar-refractivity contribution in [2.24, 2.45) is 0 Å². The number of nitrogens with one attached hydrogen (secondary N) is 1. The number of hydrogen-bond acceptors (Lipinski definition) is 3. The van der Waals surface area contributed by atoms with E-state index in [0.717, 1.165) is 59.6 Å². The van der Waals surface area contributed by atoms with Crippen molar-refractivity contribution >= 4 is 29.0 Å². The quantitative estimate of drug-likeness (QED) is 0.335. The number of para-hydroxylation sites is 1. The summed E-state index contributed by atoms with van der Waals surface area (Å²) < 4.78 is 5.75. The van der Waals surface area contributed by atoms with Crippen molar-refractivity contribution in [2.45, 2.75) is 18.9 Å². The van der Waals surface area contributed by atoms with Crippen molar-refractivity contribution in [2.75, 3.05) is 33.8 Å². The smallest absolute Gasteiger partial charge is 0.247 e. The van der Waals surface area contributed by atoms with Gasteiger partial charge in [-0.05, 0) is 72.6 Å². The molecular weight excluding hydrogens is 470 g/mol. The number of hydrogen-bond donors (Lipinski definition) is 1. The van der Waals surface area contributed by atoms with Crippen LogP contribution >= 0.6 is 0 Å².